The summed E-state index contributed by atoms with van der Waals surface area (Å²) in [6, 6.07) is 7.53. The van der Waals surface area contributed by atoms with Gasteiger partial charge in [-0.25, -0.2) is 0 Å². The van der Waals surface area contributed by atoms with Gasteiger partial charge in [0.1, 0.15) is 0 Å². The first-order valence-corrected chi connectivity index (χ1v) is 5.68. The van der Waals surface area contributed by atoms with Crippen molar-refractivity contribution in [2.45, 2.75) is 20.8 Å². The van der Waals surface area contributed by atoms with Crippen LogP contribution in [0.15, 0.2) is 30.3 Å². The van der Waals surface area contributed by atoms with Gasteiger partial charge in [0.2, 0.25) is 0 Å². The first-order chi connectivity index (χ1) is 7.97. The summed E-state index contributed by atoms with van der Waals surface area (Å²) < 4.78 is 5.00. The third-order valence-electron chi connectivity index (χ3n) is 2.48. The van der Waals surface area contributed by atoms with Crippen molar-refractivity contribution in [3.8, 4) is 0 Å². The van der Waals surface area contributed by atoms with E-state index in [4.69, 9.17) is 10.5 Å². The molecule has 0 saturated carbocycles. The molecule has 0 fully saturated rings. The van der Waals surface area contributed by atoms with Gasteiger partial charge in [0, 0.05) is 5.69 Å². The molecule has 3 heteroatoms. The number of rotatable bonds is 4. The Balaban J connectivity index is 2.83. The van der Waals surface area contributed by atoms with Crippen LogP contribution in [0.4, 0.5) is 5.69 Å². The van der Waals surface area contributed by atoms with Crippen LogP contribution in [0.5, 0.6) is 0 Å². The van der Waals surface area contributed by atoms with E-state index in [-0.39, 0.29) is 5.97 Å². The molecule has 1 aromatic rings. The van der Waals surface area contributed by atoms with Crippen LogP contribution in [0.2, 0.25) is 0 Å². The fraction of sp³-hybridized carbons (Fsp3) is 0.357. The zero-order valence-corrected chi connectivity index (χ0v) is 10.6. The number of para-hydroxylation sites is 1. The number of carbonyl (C=O) groups is 1. The zero-order chi connectivity index (χ0) is 12.9. The molecule has 0 radical (unpaired) electrons. The molecule has 0 bridgehead atoms. The number of benzene rings is 1. The number of ether oxygens (including phenoxy) is 1. The highest BCUT2D eigenvalue weighted by atomic mass is 16.5. The Kier molecular flexibility index (Phi) is 4.32. The monoisotopic (exact) mass is 233 g/mol. The van der Waals surface area contributed by atoms with Crippen LogP contribution in [-0.2, 0) is 9.53 Å². The van der Waals surface area contributed by atoms with Gasteiger partial charge in [0.15, 0.2) is 0 Å². The standard InChI is InChI=1S/C14H19NO2/c1-4-17-13(16)14(2,3)10-9-11-7-5-6-8-12(11)15/h5-10H,4,15H2,1-3H3/b10-9+. The number of nitrogen functional groups attached to an aromatic ring is 1. The summed E-state index contributed by atoms with van der Waals surface area (Å²) in [5.74, 6) is -0.231. The summed E-state index contributed by atoms with van der Waals surface area (Å²) in [5.41, 5.74) is 6.78. The van der Waals surface area contributed by atoms with Gasteiger partial charge in [-0.05, 0) is 32.4 Å². The maximum atomic E-state index is 11.7. The predicted octanol–water partition coefficient (Wildman–Crippen LogP) is 2.87. The van der Waals surface area contributed by atoms with Crippen molar-refractivity contribution in [3.05, 3.63) is 35.9 Å². The molecule has 0 atom stereocenters. The normalized spacial score (nSPS) is 11.7. The molecule has 0 heterocycles. The third-order valence-corrected chi connectivity index (χ3v) is 2.48. The molecule has 1 rings (SSSR count). The van der Waals surface area contributed by atoms with E-state index in [0.717, 1.165) is 5.56 Å². The Labute approximate surface area is 102 Å². The van der Waals surface area contributed by atoms with Crippen molar-refractivity contribution in [1.82, 2.24) is 0 Å². The van der Waals surface area contributed by atoms with Crippen molar-refractivity contribution in [2.24, 2.45) is 5.41 Å². The van der Waals surface area contributed by atoms with E-state index in [0.29, 0.717) is 12.3 Å². The Morgan fingerprint density at radius 2 is 2.06 bits per heavy atom. The minimum absolute atomic E-state index is 0.231. The zero-order valence-electron chi connectivity index (χ0n) is 10.6. The van der Waals surface area contributed by atoms with Crippen LogP contribution in [0.3, 0.4) is 0 Å². The van der Waals surface area contributed by atoms with Crippen molar-refractivity contribution < 1.29 is 9.53 Å². The maximum absolute atomic E-state index is 11.7. The molecule has 1 aromatic carbocycles. The molecule has 0 spiro atoms. The van der Waals surface area contributed by atoms with E-state index in [1.165, 1.54) is 0 Å². The van der Waals surface area contributed by atoms with Gasteiger partial charge >= 0.3 is 5.97 Å². The Bertz CT molecular complexity index is 422. The van der Waals surface area contributed by atoms with Gasteiger partial charge in [-0.1, -0.05) is 30.4 Å². The Morgan fingerprint density at radius 3 is 2.65 bits per heavy atom. The summed E-state index contributed by atoms with van der Waals surface area (Å²) in [6.45, 7) is 5.83. The molecular formula is C14H19NO2. The highest BCUT2D eigenvalue weighted by Gasteiger charge is 2.25. The van der Waals surface area contributed by atoms with E-state index in [9.17, 15) is 4.79 Å². The molecule has 0 aliphatic rings. The van der Waals surface area contributed by atoms with E-state index < -0.39 is 5.41 Å². The highest BCUT2D eigenvalue weighted by Crippen LogP contribution is 2.22. The molecule has 17 heavy (non-hydrogen) atoms. The van der Waals surface area contributed by atoms with Gasteiger partial charge in [-0.15, -0.1) is 0 Å². The second kappa shape index (κ2) is 5.53. The third kappa shape index (κ3) is 3.63. The van der Waals surface area contributed by atoms with Crippen molar-refractivity contribution >= 4 is 17.7 Å². The lowest BCUT2D eigenvalue weighted by atomic mass is 9.92. The van der Waals surface area contributed by atoms with E-state index >= 15 is 0 Å². The first-order valence-electron chi connectivity index (χ1n) is 5.68. The van der Waals surface area contributed by atoms with Gasteiger partial charge < -0.3 is 10.5 Å². The number of esters is 1. The molecule has 0 aliphatic carbocycles. The number of anilines is 1. The molecule has 0 aromatic heterocycles. The summed E-state index contributed by atoms with van der Waals surface area (Å²) in [4.78, 5) is 11.7. The minimum atomic E-state index is -0.641. The number of nitrogens with two attached hydrogens (primary N) is 1. The van der Waals surface area contributed by atoms with Crippen LogP contribution < -0.4 is 5.73 Å². The summed E-state index contributed by atoms with van der Waals surface area (Å²) in [7, 11) is 0. The smallest absolute Gasteiger partial charge is 0.315 e. The quantitative estimate of drug-likeness (QED) is 0.642. The second-order valence-corrected chi connectivity index (χ2v) is 4.40. The largest absolute Gasteiger partial charge is 0.465 e. The van der Waals surface area contributed by atoms with E-state index in [1.807, 2.05) is 50.3 Å². The van der Waals surface area contributed by atoms with E-state index in [1.54, 1.807) is 6.92 Å². The van der Waals surface area contributed by atoms with Crippen molar-refractivity contribution in [3.63, 3.8) is 0 Å². The molecule has 92 valence electrons. The second-order valence-electron chi connectivity index (χ2n) is 4.40. The fourth-order valence-electron chi connectivity index (χ4n) is 1.35. The lowest BCUT2D eigenvalue weighted by molar-refractivity contribution is -0.150. The topological polar surface area (TPSA) is 52.3 Å². The summed E-state index contributed by atoms with van der Waals surface area (Å²) >= 11 is 0. The molecule has 2 N–H and O–H groups in total. The molecule has 0 saturated heterocycles. The predicted molar refractivity (Wildman–Crippen MR) is 70.3 cm³/mol. The number of carbonyl (C=O) groups excluding carboxylic acids is 1. The van der Waals surface area contributed by atoms with Crippen LogP contribution >= 0.6 is 0 Å². The van der Waals surface area contributed by atoms with Gasteiger partial charge in [-0.2, -0.15) is 0 Å². The average molecular weight is 233 g/mol. The minimum Gasteiger partial charge on any atom is -0.465 e. The Morgan fingerprint density at radius 1 is 1.41 bits per heavy atom. The molecule has 3 nitrogen and oxygen atoms in total. The maximum Gasteiger partial charge on any atom is 0.315 e. The number of hydrogen-bond donors (Lipinski definition) is 1. The van der Waals surface area contributed by atoms with Crippen molar-refractivity contribution in [2.75, 3.05) is 12.3 Å². The van der Waals surface area contributed by atoms with Crippen LogP contribution in [0, 0.1) is 5.41 Å². The summed E-state index contributed by atoms with van der Waals surface area (Å²) in [6.07, 6.45) is 3.67. The molecule has 0 aliphatic heterocycles. The molecular weight excluding hydrogens is 214 g/mol. The van der Waals surface area contributed by atoms with E-state index in [2.05, 4.69) is 0 Å². The number of hydrogen-bond acceptors (Lipinski definition) is 3. The van der Waals surface area contributed by atoms with Gasteiger partial charge in [0.25, 0.3) is 0 Å². The van der Waals surface area contributed by atoms with Crippen molar-refractivity contribution in [1.29, 1.82) is 0 Å². The first kappa shape index (κ1) is 13.3. The lowest BCUT2D eigenvalue weighted by Gasteiger charge is -2.17. The van der Waals surface area contributed by atoms with Gasteiger partial charge in [-0.3, -0.25) is 4.79 Å². The Hall–Kier alpha value is -1.77. The van der Waals surface area contributed by atoms with Crippen LogP contribution in [0.25, 0.3) is 6.08 Å². The fourth-order valence-corrected chi connectivity index (χ4v) is 1.35. The molecule has 0 unspecified atom stereocenters. The lowest BCUT2D eigenvalue weighted by Crippen LogP contribution is -2.24. The SMILES string of the molecule is CCOC(=O)C(C)(C)/C=C/c1ccccc1N. The molecule has 0 amide bonds. The van der Waals surface area contributed by atoms with Crippen LogP contribution in [0.1, 0.15) is 26.3 Å². The van der Waals surface area contributed by atoms with Crippen LogP contribution in [-0.4, -0.2) is 12.6 Å². The summed E-state index contributed by atoms with van der Waals surface area (Å²) in [5, 5.41) is 0. The average Bonchev–Trinajstić information content (AvgIpc) is 2.28. The highest BCUT2D eigenvalue weighted by molar-refractivity contribution is 5.80. The van der Waals surface area contributed by atoms with Gasteiger partial charge in [0.05, 0.1) is 12.0 Å².